The van der Waals surface area contributed by atoms with Gasteiger partial charge in [0.2, 0.25) is 0 Å². The fourth-order valence-corrected chi connectivity index (χ4v) is 3.48. The number of hydrogen-bond donors (Lipinski definition) is 1. The largest absolute Gasteiger partial charge is 0.443 e. The smallest absolute Gasteiger partial charge is 0.332 e. The fourth-order valence-electron chi connectivity index (χ4n) is 3.36. The molecule has 0 bridgehead atoms. The predicted octanol–water partition coefficient (Wildman–Crippen LogP) is 5.16. The molecule has 7 nitrogen and oxygen atoms in total. The van der Waals surface area contributed by atoms with Gasteiger partial charge in [-0.3, -0.25) is 13.9 Å². The molecule has 0 aliphatic heterocycles. The second kappa shape index (κ2) is 13.6. The number of benzene rings is 1. The predicted molar refractivity (Wildman–Crippen MR) is 147 cm³/mol. The number of ether oxygens (including phenoxy) is 1. The van der Waals surface area contributed by atoms with Gasteiger partial charge in [-0.25, -0.2) is 4.79 Å². The van der Waals surface area contributed by atoms with Crippen LogP contribution in [-0.2, 0) is 24.8 Å². The summed E-state index contributed by atoms with van der Waals surface area (Å²) in [5.74, 6) is 1.05. The zero-order valence-corrected chi connectivity index (χ0v) is 22.1. The Morgan fingerprint density at radius 2 is 1.81 bits per heavy atom. The molecule has 0 aliphatic rings. The number of aliphatic hydroxyl groups is 1. The third kappa shape index (κ3) is 8.36. The lowest BCUT2D eigenvalue weighted by Crippen LogP contribution is -2.40. The summed E-state index contributed by atoms with van der Waals surface area (Å²) in [6, 6.07) is 7.48. The SMILES string of the molecule is C=C(C)/C=C\C(=C/C(=C)C)OC(CCc1ccc(Cl)cc1)=Nc1c(C)c(=O)n(CCCO)c(=O)n1C. The lowest BCUT2D eigenvalue weighted by molar-refractivity contribution is 0.277. The highest BCUT2D eigenvalue weighted by molar-refractivity contribution is 6.30. The van der Waals surface area contributed by atoms with Crippen LogP contribution in [0.5, 0.6) is 0 Å². The molecule has 1 aromatic carbocycles. The van der Waals surface area contributed by atoms with Crippen molar-refractivity contribution in [1.29, 1.82) is 0 Å². The van der Waals surface area contributed by atoms with E-state index >= 15 is 0 Å². The van der Waals surface area contributed by atoms with Crippen LogP contribution in [0.25, 0.3) is 0 Å². The Balaban J connectivity index is 2.58. The zero-order chi connectivity index (χ0) is 26.8. The minimum absolute atomic E-state index is 0.118. The number of aliphatic imine (C=N–C) groups is 1. The molecule has 1 heterocycles. The van der Waals surface area contributed by atoms with Crippen LogP contribution in [0.4, 0.5) is 5.82 Å². The summed E-state index contributed by atoms with van der Waals surface area (Å²) in [7, 11) is 1.56. The molecule has 1 N–H and O–H groups in total. The molecule has 0 aliphatic carbocycles. The summed E-state index contributed by atoms with van der Waals surface area (Å²) in [4.78, 5) is 30.4. The molecule has 36 heavy (non-hydrogen) atoms. The Bertz CT molecular complexity index is 1270. The second-order valence-electron chi connectivity index (χ2n) is 8.63. The van der Waals surface area contributed by atoms with E-state index in [-0.39, 0.29) is 19.0 Å². The molecule has 0 radical (unpaired) electrons. The highest BCUT2D eigenvalue weighted by Crippen LogP contribution is 2.18. The Kier molecular flexibility index (Phi) is 10.9. The number of aryl methyl sites for hydroxylation is 1. The summed E-state index contributed by atoms with van der Waals surface area (Å²) in [6.07, 6.45) is 6.66. The number of allylic oxidation sites excluding steroid dienone is 5. The number of hydrogen-bond acceptors (Lipinski definition) is 5. The molecule has 0 saturated heterocycles. The van der Waals surface area contributed by atoms with Gasteiger partial charge in [-0.2, -0.15) is 4.99 Å². The minimum atomic E-state index is -0.505. The van der Waals surface area contributed by atoms with Crippen molar-refractivity contribution in [2.24, 2.45) is 12.0 Å². The monoisotopic (exact) mass is 511 g/mol. The highest BCUT2D eigenvalue weighted by Gasteiger charge is 2.16. The Morgan fingerprint density at radius 3 is 2.39 bits per heavy atom. The summed E-state index contributed by atoms with van der Waals surface area (Å²) < 4.78 is 8.62. The quantitative estimate of drug-likeness (QED) is 0.195. The summed E-state index contributed by atoms with van der Waals surface area (Å²) in [6.45, 7) is 13.2. The van der Waals surface area contributed by atoms with Crippen molar-refractivity contribution in [1.82, 2.24) is 9.13 Å². The van der Waals surface area contributed by atoms with E-state index in [4.69, 9.17) is 21.4 Å². The van der Waals surface area contributed by atoms with Crippen LogP contribution in [0, 0.1) is 6.92 Å². The van der Waals surface area contributed by atoms with Gasteiger partial charge in [-0.05, 0) is 63.5 Å². The highest BCUT2D eigenvalue weighted by atomic mass is 35.5. The summed E-state index contributed by atoms with van der Waals surface area (Å²) in [5, 5.41) is 9.77. The standard InChI is InChI=1S/C28H34ClN3O4/c1-19(2)8-14-24(18-20(3)4)36-25(15-11-22-9-12-23(29)13-10-22)30-26-21(5)27(34)32(16-7-17-33)28(35)31(26)6/h8-10,12-14,18,33H,1,3,7,11,15-17H2,2,4-6H3/b14-8-,24-18+,30-25?. The van der Waals surface area contributed by atoms with Crippen molar-refractivity contribution in [2.75, 3.05) is 6.61 Å². The van der Waals surface area contributed by atoms with Crippen LogP contribution >= 0.6 is 11.6 Å². The van der Waals surface area contributed by atoms with Gasteiger partial charge in [0.25, 0.3) is 5.56 Å². The van der Waals surface area contributed by atoms with Crippen molar-refractivity contribution in [3.8, 4) is 0 Å². The molecule has 0 amide bonds. The van der Waals surface area contributed by atoms with Crippen molar-refractivity contribution in [3.63, 3.8) is 0 Å². The molecule has 0 saturated carbocycles. The first kappa shape index (κ1) is 28.8. The van der Waals surface area contributed by atoms with Gasteiger partial charge in [0.15, 0.2) is 5.90 Å². The maximum absolute atomic E-state index is 12.9. The van der Waals surface area contributed by atoms with E-state index in [9.17, 15) is 9.59 Å². The van der Waals surface area contributed by atoms with E-state index in [1.54, 1.807) is 26.1 Å². The van der Waals surface area contributed by atoms with Gasteiger partial charge in [0.05, 0.1) is 5.56 Å². The maximum atomic E-state index is 12.9. The van der Waals surface area contributed by atoms with E-state index in [1.165, 1.54) is 4.57 Å². The fraction of sp³-hybridized carbons (Fsp3) is 0.321. The van der Waals surface area contributed by atoms with Gasteiger partial charge >= 0.3 is 5.69 Å². The van der Waals surface area contributed by atoms with Crippen LogP contribution in [-0.4, -0.2) is 26.7 Å². The molecule has 0 spiro atoms. The first-order chi connectivity index (χ1) is 17.0. The van der Waals surface area contributed by atoms with Crippen molar-refractivity contribution >= 4 is 23.3 Å². The first-order valence-electron chi connectivity index (χ1n) is 11.7. The van der Waals surface area contributed by atoms with Gasteiger partial charge in [0, 0.05) is 31.6 Å². The number of nitrogens with zero attached hydrogens (tertiary/aromatic N) is 3. The molecular weight excluding hydrogens is 478 g/mol. The van der Waals surface area contributed by atoms with E-state index in [2.05, 4.69) is 18.2 Å². The number of aliphatic hydroxyl groups excluding tert-OH is 1. The number of rotatable bonds is 11. The van der Waals surface area contributed by atoms with Gasteiger partial charge in [0.1, 0.15) is 11.6 Å². The topological polar surface area (TPSA) is 85.8 Å². The zero-order valence-electron chi connectivity index (χ0n) is 21.4. The van der Waals surface area contributed by atoms with Crippen molar-refractivity contribution in [3.05, 3.63) is 110 Å². The molecule has 2 rings (SSSR count). The van der Waals surface area contributed by atoms with E-state index in [0.29, 0.717) is 41.5 Å². The van der Waals surface area contributed by atoms with Crippen molar-refractivity contribution in [2.45, 2.75) is 46.6 Å². The molecule has 8 heteroatoms. The van der Waals surface area contributed by atoms with Gasteiger partial charge in [-0.15, -0.1) is 0 Å². The van der Waals surface area contributed by atoms with Crippen LogP contribution in [0.15, 0.2) is 87.1 Å². The van der Waals surface area contributed by atoms with Crippen LogP contribution in [0.2, 0.25) is 5.02 Å². The molecular formula is C28H34ClN3O4. The lowest BCUT2D eigenvalue weighted by atomic mass is 10.1. The van der Waals surface area contributed by atoms with Crippen LogP contribution < -0.4 is 11.2 Å². The molecule has 0 unspecified atom stereocenters. The normalized spacial score (nSPS) is 12.3. The van der Waals surface area contributed by atoms with Gasteiger partial charge in [-0.1, -0.05) is 54.1 Å². The van der Waals surface area contributed by atoms with Crippen molar-refractivity contribution < 1.29 is 9.84 Å². The molecule has 1 aromatic heterocycles. The summed E-state index contributed by atoms with van der Waals surface area (Å²) >= 11 is 6.01. The lowest BCUT2D eigenvalue weighted by Gasteiger charge is -2.15. The van der Waals surface area contributed by atoms with E-state index in [0.717, 1.165) is 21.3 Å². The molecule has 0 fully saturated rings. The molecule has 192 valence electrons. The Morgan fingerprint density at radius 1 is 1.14 bits per heavy atom. The first-order valence-corrected chi connectivity index (χ1v) is 12.0. The average molecular weight is 512 g/mol. The van der Waals surface area contributed by atoms with E-state index in [1.807, 2.05) is 44.2 Å². The van der Waals surface area contributed by atoms with E-state index < -0.39 is 11.2 Å². The van der Waals surface area contributed by atoms with Gasteiger partial charge < -0.3 is 9.84 Å². The number of aromatic nitrogens is 2. The number of halogens is 1. The Labute approximate surface area is 217 Å². The van der Waals surface area contributed by atoms with Crippen LogP contribution in [0.1, 0.15) is 37.8 Å². The molecule has 2 aromatic rings. The maximum Gasteiger partial charge on any atom is 0.332 e. The average Bonchev–Trinajstić information content (AvgIpc) is 2.82. The molecule has 0 atom stereocenters. The summed E-state index contributed by atoms with van der Waals surface area (Å²) in [5.41, 5.74) is 2.02. The second-order valence-corrected chi connectivity index (χ2v) is 9.07. The minimum Gasteiger partial charge on any atom is -0.443 e. The third-order valence-corrected chi connectivity index (χ3v) is 5.46. The van der Waals surface area contributed by atoms with Crippen LogP contribution in [0.3, 0.4) is 0 Å². The third-order valence-electron chi connectivity index (χ3n) is 5.20. The Hall–Kier alpha value is -3.42.